The first-order valence-corrected chi connectivity index (χ1v) is 8.27. The molecule has 0 aliphatic heterocycles. The Morgan fingerprint density at radius 3 is 2.41 bits per heavy atom. The van der Waals surface area contributed by atoms with Crippen molar-refractivity contribution in [2.45, 2.75) is 25.5 Å². The molecule has 5 nitrogen and oxygen atoms in total. The predicted molar refractivity (Wildman–Crippen MR) is 76.9 cm³/mol. The summed E-state index contributed by atoms with van der Waals surface area (Å²) in [5.41, 5.74) is 0.871. The smallest absolute Gasteiger partial charge is 0.157 e. The van der Waals surface area contributed by atoms with E-state index in [9.17, 15) is 8.42 Å². The Morgan fingerprint density at radius 1 is 1.41 bits per heavy atom. The number of nitrogens with zero attached hydrogens (tertiary/aromatic N) is 2. The van der Waals surface area contributed by atoms with Gasteiger partial charge in [0.25, 0.3) is 0 Å². The van der Waals surface area contributed by atoms with Crippen molar-refractivity contribution in [1.82, 2.24) is 9.97 Å². The number of aryl methyl sites for hydroxylation is 1. The molecule has 0 radical (unpaired) electrons. The molecule has 0 aliphatic rings. The second-order valence-corrected chi connectivity index (χ2v) is 7.21. The molecule has 0 amide bonds. The minimum Gasteiger partial charge on any atom is -0.372 e. The molecule has 1 N–H and O–H groups in total. The van der Waals surface area contributed by atoms with Crippen LogP contribution in [0.3, 0.4) is 0 Å². The van der Waals surface area contributed by atoms with E-state index < -0.39 is 15.1 Å². The minimum absolute atomic E-state index is 0.356. The Labute approximate surface area is 115 Å². The Balaban J connectivity index is 3.36. The van der Waals surface area contributed by atoms with Crippen LogP contribution >= 0.6 is 22.6 Å². The summed E-state index contributed by atoms with van der Waals surface area (Å²) in [6.07, 6.45) is 1.95. The maximum atomic E-state index is 11.5. The summed E-state index contributed by atoms with van der Waals surface area (Å²) in [4.78, 5) is 8.58. The molecule has 0 fully saturated rings. The van der Waals surface area contributed by atoms with Gasteiger partial charge < -0.3 is 5.32 Å². The van der Waals surface area contributed by atoms with E-state index in [1.807, 2.05) is 6.92 Å². The maximum Gasteiger partial charge on any atom is 0.157 e. The molecular weight excluding hydrogens is 353 g/mol. The summed E-state index contributed by atoms with van der Waals surface area (Å²) in [6.45, 7) is 3.59. The molecule has 0 aromatic carbocycles. The third-order valence-electron chi connectivity index (χ3n) is 2.51. The molecular formula is C10H16IN3O2S. The van der Waals surface area contributed by atoms with Gasteiger partial charge in [0.05, 0.1) is 9.26 Å². The summed E-state index contributed by atoms with van der Waals surface area (Å²) in [5, 5.41) is 2.28. The van der Waals surface area contributed by atoms with Gasteiger partial charge in [-0.15, -0.1) is 0 Å². The van der Waals surface area contributed by atoms with E-state index in [-0.39, 0.29) is 0 Å². The molecule has 1 aromatic rings. The monoisotopic (exact) mass is 369 g/mol. The van der Waals surface area contributed by atoms with E-state index in [0.717, 1.165) is 15.7 Å². The average molecular weight is 369 g/mol. The van der Waals surface area contributed by atoms with Crippen LogP contribution < -0.4 is 5.32 Å². The fourth-order valence-corrected chi connectivity index (χ4v) is 2.67. The predicted octanol–water partition coefficient (Wildman–Crippen LogP) is 1.79. The van der Waals surface area contributed by atoms with Gasteiger partial charge >= 0.3 is 0 Å². The summed E-state index contributed by atoms with van der Waals surface area (Å²) in [6, 6.07) is 0. The second kappa shape index (κ2) is 5.47. The van der Waals surface area contributed by atoms with Gasteiger partial charge in [-0.1, -0.05) is 6.92 Å². The third-order valence-corrected chi connectivity index (χ3v) is 5.14. The van der Waals surface area contributed by atoms with Crippen LogP contribution in [-0.4, -0.2) is 31.7 Å². The highest BCUT2D eigenvalue weighted by Crippen LogP contribution is 2.24. The number of rotatable bonds is 4. The standard InChI is InChI=1S/C10H16IN3O2S/c1-5-7-8(11)10(12-3)14-9(13-7)6(2)17(4,15)16/h6H,5H2,1-4H3,(H,12,13,14). The molecule has 1 heterocycles. The molecule has 1 aromatic heterocycles. The van der Waals surface area contributed by atoms with Gasteiger partial charge in [0.15, 0.2) is 9.84 Å². The van der Waals surface area contributed by atoms with Crippen molar-refractivity contribution < 1.29 is 8.42 Å². The number of sulfone groups is 1. The zero-order valence-electron chi connectivity index (χ0n) is 10.3. The van der Waals surface area contributed by atoms with Crippen molar-refractivity contribution in [3.8, 4) is 0 Å². The number of nitrogens with one attached hydrogen (secondary N) is 1. The van der Waals surface area contributed by atoms with Crippen molar-refractivity contribution >= 4 is 38.2 Å². The summed E-state index contributed by atoms with van der Waals surface area (Å²) < 4.78 is 24.0. The molecule has 1 unspecified atom stereocenters. The Bertz CT molecular complexity index is 491. The van der Waals surface area contributed by atoms with E-state index in [1.54, 1.807) is 14.0 Å². The van der Waals surface area contributed by atoms with Crippen LogP contribution in [0, 0.1) is 3.57 Å². The van der Waals surface area contributed by atoms with Crippen LogP contribution in [0.15, 0.2) is 0 Å². The first-order chi connectivity index (χ1) is 7.81. The third kappa shape index (κ3) is 3.27. The highest BCUT2D eigenvalue weighted by atomic mass is 127. The molecule has 7 heteroatoms. The zero-order valence-corrected chi connectivity index (χ0v) is 13.3. The van der Waals surface area contributed by atoms with Crippen molar-refractivity contribution in [3.05, 3.63) is 15.1 Å². The summed E-state index contributed by atoms with van der Waals surface area (Å²) in [7, 11) is -1.41. The molecule has 96 valence electrons. The summed E-state index contributed by atoms with van der Waals surface area (Å²) in [5.74, 6) is 1.04. The van der Waals surface area contributed by atoms with E-state index >= 15 is 0 Å². The number of hydrogen-bond donors (Lipinski definition) is 1. The molecule has 1 rings (SSSR count). The van der Waals surface area contributed by atoms with Crippen LogP contribution in [-0.2, 0) is 16.3 Å². The molecule has 0 saturated carbocycles. The maximum absolute atomic E-state index is 11.5. The van der Waals surface area contributed by atoms with E-state index in [0.29, 0.717) is 11.6 Å². The van der Waals surface area contributed by atoms with Gasteiger partial charge in [0.1, 0.15) is 16.9 Å². The Hall–Kier alpha value is -0.440. The molecule has 0 saturated heterocycles. The van der Waals surface area contributed by atoms with E-state index in [2.05, 4.69) is 37.9 Å². The number of hydrogen-bond acceptors (Lipinski definition) is 5. The van der Waals surface area contributed by atoms with Crippen molar-refractivity contribution in [2.24, 2.45) is 0 Å². The van der Waals surface area contributed by atoms with Gasteiger partial charge in [0.2, 0.25) is 0 Å². The van der Waals surface area contributed by atoms with Crippen molar-refractivity contribution in [3.63, 3.8) is 0 Å². The fraction of sp³-hybridized carbons (Fsp3) is 0.600. The van der Waals surface area contributed by atoms with E-state index in [1.165, 1.54) is 6.26 Å². The topological polar surface area (TPSA) is 72.0 Å². The Kier molecular flexibility index (Phi) is 4.70. The van der Waals surface area contributed by atoms with Crippen LogP contribution in [0.25, 0.3) is 0 Å². The number of aromatic nitrogens is 2. The van der Waals surface area contributed by atoms with Gasteiger partial charge in [-0.25, -0.2) is 18.4 Å². The second-order valence-electron chi connectivity index (χ2n) is 3.77. The first-order valence-electron chi connectivity index (χ1n) is 5.24. The van der Waals surface area contributed by atoms with Crippen molar-refractivity contribution in [2.75, 3.05) is 18.6 Å². The average Bonchev–Trinajstić information content (AvgIpc) is 2.27. The first kappa shape index (κ1) is 14.6. The lowest BCUT2D eigenvalue weighted by molar-refractivity contribution is 0.589. The highest BCUT2D eigenvalue weighted by Gasteiger charge is 2.22. The van der Waals surface area contributed by atoms with Crippen LogP contribution in [0.5, 0.6) is 0 Å². The number of halogens is 1. The Morgan fingerprint density at radius 2 is 2.00 bits per heavy atom. The normalized spacial score (nSPS) is 13.5. The molecule has 0 aliphatic carbocycles. The quantitative estimate of drug-likeness (QED) is 0.820. The lowest BCUT2D eigenvalue weighted by Crippen LogP contribution is -2.15. The SMILES string of the molecule is CCc1nc(C(C)S(C)(=O)=O)nc(NC)c1I. The van der Waals surface area contributed by atoms with Gasteiger partial charge in [-0.05, 0) is 35.9 Å². The lowest BCUT2D eigenvalue weighted by Gasteiger charge is -2.13. The summed E-state index contributed by atoms with van der Waals surface area (Å²) >= 11 is 2.17. The van der Waals surface area contributed by atoms with Gasteiger partial charge in [-0.2, -0.15) is 0 Å². The van der Waals surface area contributed by atoms with Gasteiger partial charge in [0, 0.05) is 13.3 Å². The molecule has 17 heavy (non-hydrogen) atoms. The van der Waals surface area contributed by atoms with Crippen LogP contribution in [0.2, 0.25) is 0 Å². The highest BCUT2D eigenvalue weighted by molar-refractivity contribution is 14.1. The van der Waals surface area contributed by atoms with Crippen LogP contribution in [0.1, 0.15) is 30.6 Å². The van der Waals surface area contributed by atoms with Crippen molar-refractivity contribution in [1.29, 1.82) is 0 Å². The lowest BCUT2D eigenvalue weighted by atomic mass is 10.3. The fourth-order valence-electron chi connectivity index (χ4n) is 1.29. The largest absolute Gasteiger partial charge is 0.372 e. The van der Waals surface area contributed by atoms with Crippen LogP contribution in [0.4, 0.5) is 5.82 Å². The molecule has 1 atom stereocenters. The molecule has 0 bridgehead atoms. The van der Waals surface area contributed by atoms with Gasteiger partial charge in [-0.3, -0.25) is 0 Å². The van der Waals surface area contributed by atoms with E-state index in [4.69, 9.17) is 0 Å². The zero-order chi connectivity index (χ0) is 13.2. The molecule has 0 spiro atoms. The number of anilines is 1. The minimum atomic E-state index is -3.17.